The monoisotopic (exact) mass is 274 g/mol. The number of amides is 1. The molecule has 3 N–H and O–H groups in total. The van der Waals surface area contributed by atoms with Crippen molar-refractivity contribution in [3.8, 4) is 0 Å². The molecule has 0 saturated heterocycles. The predicted molar refractivity (Wildman–Crippen MR) is 73.3 cm³/mol. The lowest BCUT2D eigenvalue weighted by molar-refractivity contribution is -0.126. The summed E-state index contributed by atoms with van der Waals surface area (Å²) in [7, 11) is 0. The summed E-state index contributed by atoms with van der Waals surface area (Å²) >= 11 is 0. The zero-order chi connectivity index (χ0) is 13.1. The highest BCUT2D eigenvalue weighted by Gasteiger charge is 2.30. The number of carbonyl (C=O) groups is 1. The Bertz CT molecular complexity index is 392. The van der Waals surface area contributed by atoms with Crippen LogP contribution in [-0.4, -0.2) is 18.5 Å². The molecule has 18 heavy (non-hydrogen) atoms. The molecule has 102 valence electrons. The van der Waals surface area contributed by atoms with Crippen molar-refractivity contribution in [1.82, 2.24) is 5.32 Å². The van der Waals surface area contributed by atoms with E-state index in [1.54, 1.807) is 26.0 Å². The van der Waals surface area contributed by atoms with Gasteiger partial charge < -0.3 is 11.1 Å². The minimum Gasteiger partial charge on any atom is -0.352 e. The maximum Gasteiger partial charge on any atom is 0.230 e. The summed E-state index contributed by atoms with van der Waals surface area (Å²) in [6.07, 6.45) is 0. The first-order chi connectivity index (χ1) is 7.87. The summed E-state index contributed by atoms with van der Waals surface area (Å²) in [6, 6.07) is 5.90. The van der Waals surface area contributed by atoms with E-state index in [-0.39, 0.29) is 30.2 Å². The summed E-state index contributed by atoms with van der Waals surface area (Å²) in [5, 5.41) is 2.83. The van der Waals surface area contributed by atoms with Gasteiger partial charge in [-0.2, -0.15) is 0 Å². The lowest BCUT2D eigenvalue weighted by Gasteiger charge is -2.26. The molecular formula is C13H20ClFN2O. The van der Waals surface area contributed by atoms with Crippen molar-refractivity contribution in [3.63, 3.8) is 0 Å². The molecule has 0 radical (unpaired) electrons. The topological polar surface area (TPSA) is 55.1 Å². The quantitative estimate of drug-likeness (QED) is 0.882. The fraction of sp³-hybridized carbons (Fsp3) is 0.462. The minimum absolute atomic E-state index is 0. The standard InChI is InChI=1S/C13H19FN2O.ClH/c1-9(8-15)16-12(17)13(2,3)10-4-6-11(14)7-5-10;/h4-7,9H,8,15H2,1-3H3,(H,16,17);1H/t9-;/m0./s1. The van der Waals surface area contributed by atoms with Crippen LogP contribution in [0.2, 0.25) is 0 Å². The first-order valence-electron chi connectivity index (χ1n) is 5.65. The second kappa shape index (κ2) is 6.71. The Hall–Kier alpha value is -1.13. The highest BCUT2D eigenvalue weighted by Crippen LogP contribution is 2.23. The van der Waals surface area contributed by atoms with E-state index in [9.17, 15) is 9.18 Å². The van der Waals surface area contributed by atoms with Gasteiger partial charge in [-0.25, -0.2) is 4.39 Å². The maximum absolute atomic E-state index is 12.8. The van der Waals surface area contributed by atoms with Gasteiger partial charge in [0, 0.05) is 12.6 Å². The van der Waals surface area contributed by atoms with Crippen LogP contribution in [-0.2, 0) is 10.2 Å². The fourth-order valence-electron chi connectivity index (χ4n) is 1.46. The molecule has 1 amide bonds. The van der Waals surface area contributed by atoms with Gasteiger partial charge in [-0.15, -0.1) is 12.4 Å². The lowest BCUT2D eigenvalue weighted by atomic mass is 9.83. The Morgan fingerprint density at radius 1 is 1.39 bits per heavy atom. The van der Waals surface area contributed by atoms with Crippen molar-refractivity contribution in [3.05, 3.63) is 35.6 Å². The molecule has 5 heteroatoms. The molecule has 0 aliphatic carbocycles. The van der Waals surface area contributed by atoms with E-state index in [1.165, 1.54) is 12.1 Å². The fourth-order valence-corrected chi connectivity index (χ4v) is 1.46. The van der Waals surface area contributed by atoms with Gasteiger partial charge in [-0.05, 0) is 38.5 Å². The molecule has 1 rings (SSSR count). The van der Waals surface area contributed by atoms with Gasteiger partial charge in [0.15, 0.2) is 0 Å². The van der Waals surface area contributed by atoms with Crippen molar-refractivity contribution >= 4 is 18.3 Å². The highest BCUT2D eigenvalue weighted by atomic mass is 35.5. The molecule has 0 spiro atoms. The third-order valence-electron chi connectivity index (χ3n) is 2.86. The van der Waals surface area contributed by atoms with Crippen LogP contribution in [0, 0.1) is 5.82 Å². The normalized spacial score (nSPS) is 12.5. The lowest BCUT2D eigenvalue weighted by Crippen LogP contribution is -2.46. The van der Waals surface area contributed by atoms with Crippen molar-refractivity contribution in [1.29, 1.82) is 0 Å². The number of hydrogen-bond acceptors (Lipinski definition) is 2. The van der Waals surface area contributed by atoms with E-state index in [0.717, 1.165) is 5.56 Å². The molecule has 1 aromatic rings. The largest absolute Gasteiger partial charge is 0.352 e. The smallest absolute Gasteiger partial charge is 0.230 e. The Morgan fingerprint density at radius 3 is 2.33 bits per heavy atom. The number of nitrogens with two attached hydrogens (primary N) is 1. The van der Waals surface area contributed by atoms with Crippen molar-refractivity contribution < 1.29 is 9.18 Å². The molecule has 0 aliphatic rings. The molecule has 3 nitrogen and oxygen atoms in total. The van der Waals surface area contributed by atoms with Gasteiger partial charge in [0.25, 0.3) is 0 Å². The number of benzene rings is 1. The Balaban J connectivity index is 0.00000289. The maximum atomic E-state index is 12.8. The molecule has 0 unspecified atom stereocenters. The zero-order valence-electron chi connectivity index (χ0n) is 10.9. The van der Waals surface area contributed by atoms with Crippen LogP contribution < -0.4 is 11.1 Å². The van der Waals surface area contributed by atoms with Crippen LogP contribution in [0.1, 0.15) is 26.3 Å². The average molecular weight is 275 g/mol. The third-order valence-corrected chi connectivity index (χ3v) is 2.86. The first kappa shape index (κ1) is 16.9. The van der Waals surface area contributed by atoms with Crippen molar-refractivity contribution in [2.24, 2.45) is 5.73 Å². The molecule has 0 bridgehead atoms. The van der Waals surface area contributed by atoms with E-state index in [0.29, 0.717) is 6.54 Å². The summed E-state index contributed by atoms with van der Waals surface area (Å²) in [5.41, 5.74) is 5.54. The first-order valence-corrected chi connectivity index (χ1v) is 5.65. The number of rotatable bonds is 4. The summed E-state index contributed by atoms with van der Waals surface area (Å²) < 4.78 is 12.8. The molecule has 0 aromatic heterocycles. The molecular weight excluding hydrogens is 255 g/mol. The van der Waals surface area contributed by atoms with Crippen molar-refractivity contribution in [2.45, 2.75) is 32.2 Å². The Kier molecular flexibility index (Phi) is 6.29. The number of carbonyl (C=O) groups excluding carboxylic acids is 1. The zero-order valence-corrected chi connectivity index (χ0v) is 11.7. The Morgan fingerprint density at radius 2 is 1.89 bits per heavy atom. The van der Waals surface area contributed by atoms with E-state index < -0.39 is 5.41 Å². The van der Waals surface area contributed by atoms with Crippen LogP contribution in [0.4, 0.5) is 4.39 Å². The van der Waals surface area contributed by atoms with Gasteiger partial charge in [0.05, 0.1) is 5.41 Å². The van der Waals surface area contributed by atoms with Gasteiger partial charge in [-0.1, -0.05) is 12.1 Å². The van der Waals surface area contributed by atoms with Crippen LogP contribution in [0.25, 0.3) is 0 Å². The molecule has 1 aromatic carbocycles. The second-order valence-corrected chi connectivity index (χ2v) is 4.74. The minimum atomic E-state index is -0.697. The second-order valence-electron chi connectivity index (χ2n) is 4.74. The van der Waals surface area contributed by atoms with E-state index in [4.69, 9.17) is 5.73 Å². The van der Waals surface area contributed by atoms with E-state index in [2.05, 4.69) is 5.32 Å². The number of halogens is 2. The highest BCUT2D eigenvalue weighted by molar-refractivity contribution is 5.87. The Labute approximate surface area is 113 Å². The van der Waals surface area contributed by atoms with Crippen LogP contribution in [0.15, 0.2) is 24.3 Å². The van der Waals surface area contributed by atoms with E-state index in [1.807, 2.05) is 6.92 Å². The average Bonchev–Trinajstić information content (AvgIpc) is 2.29. The summed E-state index contributed by atoms with van der Waals surface area (Å²) in [5.74, 6) is -0.414. The van der Waals surface area contributed by atoms with Gasteiger partial charge >= 0.3 is 0 Å². The van der Waals surface area contributed by atoms with Crippen LogP contribution in [0.5, 0.6) is 0 Å². The van der Waals surface area contributed by atoms with E-state index >= 15 is 0 Å². The van der Waals surface area contributed by atoms with Gasteiger partial charge in [0.1, 0.15) is 5.82 Å². The number of nitrogens with one attached hydrogen (secondary N) is 1. The molecule has 0 aliphatic heterocycles. The molecule has 0 heterocycles. The van der Waals surface area contributed by atoms with Gasteiger partial charge in [-0.3, -0.25) is 4.79 Å². The van der Waals surface area contributed by atoms with Gasteiger partial charge in [0.2, 0.25) is 5.91 Å². The van der Waals surface area contributed by atoms with Crippen LogP contribution in [0.3, 0.4) is 0 Å². The van der Waals surface area contributed by atoms with Crippen molar-refractivity contribution in [2.75, 3.05) is 6.54 Å². The number of hydrogen-bond donors (Lipinski definition) is 2. The summed E-state index contributed by atoms with van der Waals surface area (Å²) in [6.45, 7) is 5.85. The van der Waals surface area contributed by atoms with Crippen LogP contribution >= 0.6 is 12.4 Å². The SMILES string of the molecule is C[C@@H](CN)NC(=O)C(C)(C)c1ccc(F)cc1.Cl. The third kappa shape index (κ3) is 3.96. The molecule has 0 fully saturated rings. The summed E-state index contributed by atoms with van der Waals surface area (Å²) in [4.78, 5) is 12.1. The molecule has 0 saturated carbocycles. The molecule has 1 atom stereocenters. The predicted octanol–water partition coefficient (Wildman–Crippen LogP) is 1.99.